The van der Waals surface area contributed by atoms with Crippen LogP contribution in [0.1, 0.15) is 0 Å². The molecule has 1 atom stereocenters. The maximum absolute atomic E-state index is 14.9. The molecule has 1 heterocycles. The highest BCUT2D eigenvalue weighted by Gasteiger charge is 2.31. The third kappa shape index (κ3) is 2.38. The predicted molar refractivity (Wildman–Crippen MR) is 127 cm³/mol. The van der Waals surface area contributed by atoms with Gasteiger partial charge >= 0.3 is 0 Å². The SMILES string of the molecule is O=P(c1ccccc1)(c1ccncc1)c1ccc2ccc3cccc4ccc1c2c34. The van der Waals surface area contributed by atoms with E-state index in [-0.39, 0.29) is 0 Å². The van der Waals surface area contributed by atoms with Crippen molar-refractivity contribution in [2.75, 3.05) is 0 Å². The van der Waals surface area contributed by atoms with Gasteiger partial charge in [0.15, 0.2) is 7.14 Å². The minimum absolute atomic E-state index is 0.804. The molecule has 1 aromatic heterocycles. The molecule has 0 aliphatic rings. The second kappa shape index (κ2) is 6.52. The highest BCUT2D eigenvalue weighted by Crippen LogP contribution is 2.46. The largest absolute Gasteiger partial charge is 0.309 e. The van der Waals surface area contributed by atoms with Crippen molar-refractivity contribution in [1.29, 1.82) is 0 Å². The van der Waals surface area contributed by atoms with E-state index >= 15 is 0 Å². The predicted octanol–water partition coefficient (Wildman–Crippen LogP) is 5.62. The summed E-state index contributed by atoms with van der Waals surface area (Å²) in [6.07, 6.45) is 3.45. The van der Waals surface area contributed by atoms with Crippen molar-refractivity contribution in [3.8, 4) is 0 Å². The summed E-state index contributed by atoms with van der Waals surface area (Å²) < 4.78 is 14.9. The first-order chi connectivity index (χ1) is 14.8. The van der Waals surface area contributed by atoms with Gasteiger partial charge in [-0.1, -0.05) is 78.9 Å². The fourth-order valence-electron chi connectivity index (χ4n) is 4.61. The maximum Gasteiger partial charge on any atom is 0.171 e. The van der Waals surface area contributed by atoms with E-state index in [0.29, 0.717) is 0 Å². The Labute approximate surface area is 174 Å². The summed E-state index contributed by atoms with van der Waals surface area (Å²) in [5.41, 5.74) is 0. The molecule has 0 spiro atoms. The van der Waals surface area contributed by atoms with Crippen LogP contribution < -0.4 is 15.9 Å². The van der Waals surface area contributed by atoms with E-state index in [2.05, 4.69) is 59.6 Å². The summed E-state index contributed by atoms with van der Waals surface area (Å²) in [7, 11) is -3.07. The molecule has 0 saturated carbocycles. The average Bonchev–Trinajstić information content (AvgIpc) is 2.83. The number of pyridine rings is 1. The summed E-state index contributed by atoms with van der Waals surface area (Å²) in [6.45, 7) is 0. The van der Waals surface area contributed by atoms with E-state index in [1.807, 2.05) is 42.5 Å². The van der Waals surface area contributed by atoms with Gasteiger partial charge in [0.1, 0.15) is 0 Å². The smallest absolute Gasteiger partial charge is 0.171 e. The number of rotatable bonds is 3. The van der Waals surface area contributed by atoms with Gasteiger partial charge < -0.3 is 4.57 Å². The summed E-state index contributed by atoms with van der Waals surface area (Å²) in [4.78, 5) is 4.15. The first kappa shape index (κ1) is 17.4. The molecule has 1 unspecified atom stereocenters. The zero-order valence-electron chi connectivity index (χ0n) is 16.2. The van der Waals surface area contributed by atoms with Crippen LogP contribution in [0.3, 0.4) is 0 Å². The lowest BCUT2D eigenvalue weighted by Crippen LogP contribution is -2.25. The van der Waals surface area contributed by atoms with Gasteiger partial charge in [0.2, 0.25) is 0 Å². The van der Waals surface area contributed by atoms with Gasteiger partial charge in [-0.3, -0.25) is 4.98 Å². The van der Waals surface area contributed by atoms with Crippen molar-refractivity contribution in [2.45, 2.75) is 0 Å². The van der Waals surface area contributed by atoms with Crippen LogP contribution in [0.25, 0.3) is 32.3 Å². The van der Waals surface area contributed by atoms with E-state index in [9.17, 15) is 4.57 Å². The molecule has 0 fully saturated rings. The summed E-state index contributed by atoms with van der Waals surface area (Å²) in [5.74, 6) is 0. The van der Waals surface area contributed by atoms with Crippen molar-refractivity contribution >= 4 is 55.4 Å². The Morgan fingerprint density at radius 3 is 1.87 bits per heavy atom. The Balaban J connectivity index is 1.79. The maximum atomic E-state index is 14.9. The van der Waals surface area contributed by atoms with E-state index in [1.54, 1.807) is 12.4 Å². The molecule has 3 heteroatoms. The highest BCUT2D eigenvalue weighted by atomic mass is 31.2. The molecular formula is C27H18NOP. The van der Waals surface area contributed by atoms with Crippen LogP contribution in [-0.2, 0) is 4.57 Å². The summed E-state index contributed by atoms with van der Waals surface area (Å²) in [6, 6.07) is 32.7. The normalized spacial score (nSPS) is 13.7. The minimum atomic E-state index is -3.07. The first-order valence-corrected chi connectivity index (χ1v) is 11.7. The molecular weight excluding hydrogens is 385 g/mol. The van der Waals surface area contributed by atoms with Crippen molar-refractivity contribution in [2.24, 2.45) is 0 Å². The van der Waals surface area contributed by atoms with Gasteiger partial charge in [-0.2, -0.15) is 0 Å². The average molecular weight is 403 g/mol. The van der Waals surface area contributed by atoms with Gasteiger partial charge in [-0.05, 0) is 50.5 Å². The fourth-order valence-corrected chi connectivity index (χ4v) is 7.42. The highest BCUT2D eigenvalue weighted by molar-refractivity contribution is 7.85. The van der Waals surface area contributed by atoms with E-state index < -0.39 is 7.14 Å². The molecule has 6 aromatic rings. The molecule has 0 amide bonds. The van der Waals surface area contributed by atoms with Gasteiger partial charge in [0, 0.05) is 28.3 Å². The van der Waals surface area contributed by atoms with Gasteiger partial charge in [0.05, 0.1) is 0 Å². The molecule has 0 saturated heterocycles. The monoisotopic (exact) mass is 403 g/mol. The molecule has 0 aliphatic heterocycles. The minimum Gasteiger partial charge on any atom is -0.309 e. The Bertz CT molecular complexity index is 1500. The zero-order chi connectivity index (χ0) is 20.1. The lowest BCUT2D eigenvalue weighted by Gasteiger charge is -2.23. The number of hydrogen-bond donors (Lipinski definition) is 0. The van der Waals surface area contributed by atoms with Crippen LogP contribution in [0.15, 0.2) is 109 Å². The van der Waals surface area contributed by atoms with Crippen LogP contribution in [0.5, 0.6) is 0 Å². The lowest BCUT2D eigenvalue weighted by atomic mass is 9.94. The van der Waals surface area contributed by atoms with Crippen LogP contribution in [-0.4, -0.2) is 4.98 Å². The van der Waals surface area contributed by atoms with E-state index in [1.165, 1.54) is 26.9 Å². The van der Waals surface area contributed by atoms with Crippen molar-refractivity contribution in [3.05, 3.63) is 109 Å². The van der Waals surface area contributed by atoms with Gasteiger partial charge in [-0.25, -0.2) is 0 Å². The third-order valence-electron chi connectivity index (χ3n) is 5.99. The summed E-state index contributed by atoms with van der Waals surface area (Å²) in [5, 5.41) is 9.60. The quantitative estimate of drug-likeness (QED) is 0.284. The molecule has 0 radical (unpaired) electrons. The van der Waals surface area contributed by atoms with E-state index in [0.717, 1.165) is 21.3 Å². The lowest BCUT2D eigenvalue weighted by molar-refractivity contribution is 0.592. The number of benzene rings is 5. The van der Waals surface area contributed by atoms with Crippen molar-refractivity contribution in [1.82, 2.24) is 4.98 Å². The first-order valence-electron chi connectivity index (χ1n) is 10.0. The number of aromatic nitrogens is 1. The molecule has 6 rings (SSSR count). The Kier molecular flexibility index (Phi) is 3.78. The standard InChI is InChI=1S/C27H18NOP/c29-30(22-7-2-1-3-8-22,23-15-17-28-18-16-23)25-14-12-21-10-9-19-5-4-6-20-11-13-24(25)27(21)26(19)20/h1-18H. The molecule has 0 aliphatic carbocycles. The van der Waals surface area contributed by atoms with Gasteiger partial charge in [-0.15, -0.1) is 0 Å². The topological polar surface area (TPSA) is 30.0 Å². The van der Waals surface area contributed by atoms with E-state index in [4.69, 9.17) is 0 Å². The fraction of sp³-hybridized carbons (Fsp3) is 0. The molecule has 30 heavy (non-hydrogen) atoms. The van der Waals surface area contributed by atoms with Crippen molar-refractivity contribution in [3.63, 3.8) is 0 Å². The zero-order valence-corrected chi connectivity index (χ0v) is 17.1. The summed E-state index contributed by atoms with van der Waals surface area (Å²) >= 11 is 0. The Morgan fingerprint density at radius 1 is 0.533 bits per heavy atom. The number of nitrogens with zero attached hydrogens (tertiary/aromatic N) is 1. The van der Waals surface area contributed by atoms with Gasteiger partial charge in [0.25, 0.3) is 0 Å². The Hall–Kier alpha value is -3.48. The van der Waals surface area contributed by atoms with Crippen LogP contribution in [0, 0.1) is 0 Å². The number of hydrogen-bond acceptors (Lipinski definition) is 2. The molecule has 0 bridgehead atoms. The molecule has 5 aromatic carbocycles. The second-order valence-electron chi connectivity index (χ2n) is 7.59. The van der Waals surface area contributed by atoms with Crippen molar-refractivity contribution < 1.29 is 4.57 Å². The van der Waals surface area contributed by atoms with Crippen LogP contribution in [0.2, 0.25) is 0 Å². The van der Waals surface area contributed by atoms with Crippen LogP contribution in [0.4, 0.5) is 0 Å². The van der Waals surface area contributed by atoms with Crippen LogP contribution >= 0.6 is 7.14 Å². The molecule has 2 nitrogen and oxygen atoms in total. The molecule has 0 N–H and O–H groups in total. The second-order valence-corrected chi connectivity index (χ2v) is 10.3. The Morgan fingerprint density at radius 2 is 1.13 bits per heavy atom. The third-order valence-corrected chi connectivity index (χ3v) is 9.11. The molecule has 142 valence electrons.